The first-order valence-electron chi connectivity index (χ1n) is 11.0. The number of carbonyl (C=O) groups excluding carboxylic acids is 2. The molecule has 1 heterocycles. The van der Waals surface area contributed by atoms with E-state index in [0.29, 0.717) is 11.4 Å². The van der Waals surface area contributed by atoms with Gasteiger partial charge in [0.2, 0.25) is 11.8 Å². The second kappa shape index (κ2) is 11.1. The number of thioether (sulfide) groups is 1. The van der Waals surface area contributed by atoms with E-state index in [1.165, 1.54) is 6.07 Å². The predicted octanol–water partition coefficient (Wildman–Crippen LogP) is 4.72. The molecule has 1 aliphatic heterocycles. The van der Waals surface area contributed by atoms with Gasteiger partial charge in [-0.25, -0.2) is 0 Å². The van der Waals surface area contributed by atoms with Crippen LogP contribution in [0.5, 0.6) is 5.75 Å². The maximum absolute atomic E-state index is 12.9. The van der Waals surface area contributed by atoms with Gasteiger partial charge in [0.05, 0.1) is 29.7 Å². The van der Waals surface area contributed by atoms with E-state index in [-0.39, 0.29) is 24.1 Å². The van der Waals surface area contributed by atoms with E-state index >= 15 is 0 Å². The first kappa shape index (κ1) is 25.9. The van der Waals surface area contributed by atoms with Crippen molar-refractivity contribution in [2.75, 3.05) is 32.1 Å². The van der Waals surface area contributed by atoms with Crippen molar-refractivity contribution in [1.82, 2.24) is 10.2 Å². The van der Waals surface area contributed by atoms with E-state index in [1.807, 2.05) is 38.1 Å². The first-order valence-corrected chi connectivity index (χ1v) is 11.9. The standard InChI is InChI=1S/C24H28F3N3O3S/c1-4-30(5-2)19(15-7-6-8-17(11-15)33-3)14-28-22(31)13-21-23(32)29-18-12-16(24(25,26)27)9-10-20(18)34-21/h6-12,19,21H,4-5,13-14H2,1-3H3,(H,28,31)(H,29,32). The molecular weight excluding hydrogens is 467 g/mol. The number of amides is 2. The largest absolute Gasteiger partial charge is 0.497 e. The van der Waals surface area contributed by atoms with Gasteiger partial charge in [0.1, 0.15) is 5.75 Å². The summed E-state index contributed by atoms with van der Waals surface area (Å²) in [6, 6.07) is 10.8. The third-order valence-electron chi connectivity index (χ3n) is 5.72. The monoisotopic (exact) mass is 495 g/mol. The lowest BCUT2D eigenvalue weighted by Crippen LogP contribution is -2.40. The summed E-state index contributed by atoms with van der Waals surface area (Å²) < 4.78 is 44.2. The number of ether oxygens (including phenoxy) is 1. The van der Waals surface area contributed by atoms with Gasteiger partial charge in [-0.3, -0.25) is 14.5 Å². The van der Waals surface area contributed by atoms with Gasteiger partial charge >= 0.3 is 6.18 Å². The van der Waals surface area contributed by atoms with Crippen LogP contribution in [0.25, 0.3) is 0 Å². The summed E-state index contributed by atoms with van der Waals surface area (Å²) in [5.74, 6) is -0.0632. The van der Waals surface area contributed by atoms with Crippen molar-refractivity contribution >= 4 is 29.3 Å². The highest BCUT2D eigenvalue weighted by Crippen LogP contribution is 2.40. The number of fused-ring (bicyclic) bond motifs is 1. The molecule has 1 aliphatic rings. The van der Waals surface area contributed by atoms with Crippen LogP contribution in [0.4, 0.5) is 18.9 Å². The summed E-state index contributed by atoms with van der Waals surface area (Å²) in [5, 5.41) is 4.70. The van der Waals surface area contributed by atoms with E-state index in [9.17, 15) is 22.8 Å². The molecule has 2 atom stereocenters. The Hall–Kier alpha value is -2.72. The highest BCUT2D eigenvalue weighted by atomic mass is 32.2. The summed E-state index contributed by atoms with van der Waals surface area (Å²) in [6.45, 7) is 6.00. The Bertz CT molecular complexity index is 1030. The van der Waals surface area contributed by atoms with Gasteiger partial charge in [-0.2, -0.15) is 13.2 Å². The lowest BCUT2D eigenvalue weighted by Gasteiger charge is -2.31. The zero-order chi connectivity index (χ0) is 24.9. The van der Waals surface area contributed by atoms with Crippen LogP contribution in [0.15, 0.2) is 47.4 Å². The molecule has 0 bridgehead atoms. The number of benzene rings is 2. The van der Waals surface area contributed by atoms with Crippen molar-refractivity contribution in [3.63, 3.8) is 0 Å². The molecule has 0 saturated carbocycles. The van der Waals surface area contributed by atoms with Crippen molar-refractivity contribution in [2.45, 2.75) is 42.6 Å². The summed E-state index contributed by atoms with van der Waals surface area (Å²) in [5.41, 5.74) is 0.284. The van der Waals surface area contributed by atoms with E-state index in [0.717, 1.165) is 48.3 Å². The van der Waals surface area contributed by atoms with Crippen LogP contribution in [-0.2, 0) is 15.8 Å². The molecule has 0 saturated heterocycles. The fraction of sp³-hybridized carbons (Fsp3) is 0.417. The molecule has 0 fully saturated rings. The number of nitrogens with zero attached hydrogens (tertiary/aromatic N) is 1. The van der Waals surface area contributed by atoms with Crippen LogP contribution in [-0.4, -0.2) is 48.7 Å². The molecule has 2 aromatic carbocycles. The number of likely N-dealkylation sites (N-methyl/N-ethyl adjacent to an activating group) is 1. The summed E-state index contributed by atoms with van der Waals surface area (Å²) in [4.78, 5) is 27.9. The van der Waals surface area contributed by atoms with Gasteiger partial charge in [-0.1, -0.05) is 26.0 Å². The Morgan fingerprint density at radius 2 is 1.94 bits per heavy atom. The van der Waals surface area contributed by atoms with Gasteiger partial charge in [0.15, 0.2) is 0 Å². The average molecular weight is 496 g/mol. The fourth-order valence-electron chi connectivity index (χ4n) is 3.88. The van der Waals surface area contributed by atoms with E-state index in [1.54, 1.807) is 7.11 Å². The summed E-state index contributed by atoms with van der Waals surface area (Å²) >= 11 is 1.10. The van der Waals surface area contributed by atoms with Crippen LogP contribution >= 0.6 is 11.8 Å². The van der Waals surface area contributed by atoms with Gasteiger partial charge < -0.3 is 15.4 Å². The molecule has 2 aromatic rings. The number of carbonyl (C=O) groups is 2. The van der Waals surface area contributed by atoms with Crippen molar-refractivity contribution < 1.29 is 27.5 Å². The second-order valence-electron chi connectivity index (χ2n) is 7.83. The normalized spacial score (nSPS) is 16.6. The predicted molar refractivity (Wildman–Crippen MR) is 126 cm³/mol. The topological polar surface area (TPSA) is 70.7 Å². The second-order valence-corrected chi connectivity index (χ2v) is 9.07. The van der Waals surface area contributed by atoms with Crippen molar-refractivity contribution in [1.29, 1.82) is 0 Å². The van der Waals surface area contributed by atoms with Gasteiger partial charge in [-0.15, -0.1) is 11.8 Å². The Kier molecular flexibility index (Phi) is 8.48. The quantitative estimate of drug-likeness (QED) is 0.527. The number of hydrogen-bond acceptors (Lipinski definition) is 5. The average Bonchev–Trinajstić information content (AvgIpc) is 2.81. The number of nitrogens with one attached hydrogen (secondary N) is 2. The van der Waals surface area contributed by atoms with Crippen molar-refractivity contribution in [2.24, 2.45) is 0 Å². The zero-order valence-electron chi connectivity index (χ0n) is 19.2. The number of anilines is 1. The fourth-order valence-corrected chi connectivity index (χ4v) is 4.97. The van der Waals surface area contributed by atoms with E-state index in [4.69, 9.17) is 4.74 Å². The highest BCUT2D eigenvalue weighted by Gasteiger charge is 2.34. The number of rotatable bonds is 9. The van der Waals surface area contributed by atoms with Crippen LogP contribution in [0.3, 0.4) is 0 Å². The Balaban J connectivity index is 1.66. The minimum Gasteiger partial charge on any atom is -0.497 e. The lowest BCUT2D eigenvalue weighted by molar-refractivity contribution is -0.137. The SMILES string of the molecule is CCN(CC)C(CNC(=O)CC1Sc2ccc(C(F)(F)F)cc2NC1=O)c1cccc(OC)c1. The molecule has 3 rings (SSSR count). The minimum atomic E-state index is -4.49. The maximum atomic E-state index is 12.9. The molecule has 0 aromatic heterocycles. The molecule has 10 heteroatoms. The molecule has 2 unspecified atom stereocenters. The molecule has 2 amide bonds. The summed E-state index contributed by atoms with van der Waals surface area (Å²) in [7, 11) is 1.60. The molecule has 0 radical (unpaired) electrons. The number of methoxy groups -OCH3 is 1. The Morgan fingerprint density at radius 3 is 2.59 bits per heavy atom. The Morgan fingerprint density at radius 1 is 1.21 bits per heavy atom. The lowest BCUT2D eigenvalue weighted by atomic mass is 10.0. The third kappa shape index (κ3) is 6.24. The summed E-state index contributed by atoms with van der Waals surface area (Å²) in [6.07, 6.45) is -4.58. The van der Waals surface area contributed by atoms with Crippen molar-refractivity contribution in [3.05, 3.63) is 53.6 Å². The smallest absolute Gasteiger partial charge is 0.416 e. The zero-order valence-corrected chi connectivity index (χ0v) is 20.1. The van der Waals surface area contributed by atoms with Gasteiger partial charge in [0.25, 0.3) is 0 Å². The molecule has 2 N–H and O–H groups in total. The first-order chi connectivity index (χ1) is 16.2. The third-order valence-corrected chi connectivity index (χ3v) is 7.00. The minimum absolute atomic E-state index is 0.0802. The number of alkyl halides is 3. The van der Waals surface area contributed by atoms with Gasteiger partial charge in [0, 0.05) is 17.9 Å². The molecule has 34 heavy (non-hydrogen) atoms. The van der Waals surface area contributed by atoms with Crippen molar-refractivity contribution in [3.8, 4) is 5.75 Å². The number of hydrogen-bond donors (Lipinski definition) is 2. The molecule has 6 nitrogen and oxygen atoms in total. The van der Waals surface area contributed by atoms with Gasteiger partial charge in [-0.05, 0) is 49.0 Å². The molecular formula is C24H28F3N3O3S. The van der Waals surface area contributed by atoms with Crippen LogP contribution in [0.1, 0.15) is 37.4 Å². The number of halogens is 3. The van der Waals surface area contributed by atoms with Crippen LogP contribution < -0.4 is 15.4 Å². The van der Waals surface area contributed by atoms with Crippen LogP contribution in [0.2, 0.25) is 0 Å². The Labute approximate surface area is 201 Å². The van der Waals surface area contributed by atoms with E-state index in [2.05, 4.69) is 15.5 Å². The molecule has 0 aliphatic carbocycles. The maximum Gasteiger partial charge on any atom is 0.416 e. The highest BCUT2D eigenvalue weighted by molar-refractivity contribution is 8.01. The molecule has 0 spiro atoms. The van der Waals surface area contributed by atoms with E-state index < -0.39 is 22.9 Å². The molecule has 184 valence electrons. The van der Waals surface area contributed by atoms with Crippen LogP contribution in [0, 0.1) is 0 Å².